The Labute approximate surface area is 118 Å². The van der Waals surface area contributed by atoms with E-state index < -0.39 is 0 Å². The molecule has 4 nitrogen and oxygen atoms in total. The van der Waals surface area contributed by atoms with Gasteiger partial charge in [0.25, 0.3) is 5.91 Å². The summed E-state index contributed by atoms with van der Waals surface area (Å²) in [7, 11) is 0. The molecule has 4 heteroatoms. The Kier molecular flexibility index (Phi) is 4.25. The van der Waals surface area contributed by atoms with Gasteiger partial charge in [-0.1, -0.05) is 23.8 Å². The molecule has 0 spiro atoms. The van der Waals surface area contributed by atoms with E-state index >= 15 is 0 Å². The summed E-state index contributed by atoms with van der Waals surface area (Å²) in [6.45, 7) is 5.68. The number of carbonyl (C=O) groups is 1. The lowest BCUT2D eigenvalue weighted by Crippen LogP contribution is -2.19. The normalized spacial score (nSPS) is 11.2. The predicted molar refractivity (Wildman–Crippen MR) is 79.8 cm³/mol. The quantitative estimate of drug-likeness (QED) is 0.686. The number of hydrazone groups is 1. The van der Waals surface area contributed by atoms with Crippen molar-refractivity contribution in [2.45, 2.75) is 20.8 Å². The fourth-order valence-corrected chi connectivity index (χ4v) is 1.79. The SMILES string of the molecule is C/C(=N\NC(=O)c1cccc(C)c1)c1cccc(C)n1. The maximum absolute atomic E-state index is 12.0. The molecular formula is C16H17N3O. The van der Waals surface area contributed by atoms with E-state index in [0.29, 0.717) is 11.3 Å². The second-order valence-electron chi connectivity index (χ2n) is 4.67. The average molecular weight is 267 g/mol. The first-order chi connectivity index (χ1) is 9.56. The Morgan fingerprint density at radius 2 is 1.90 bits per heavy atom. The van der Waals surface area contributed by atoms with Crippen molar-refractivity contribution in [1.29, 1.82) is 0 Å². The van der Waals surface area contributed by atoms with Gasteiger partial charge in [-0.2, -0.15) is 5.10 Å². The molecule has 0 fully saturated rings. The van der Waals surface area contributed by atoms with Gasteiger partial charge in [-0.25, -0.2) is 5.43 Å². The summed E-state index contributed by atoms with van der Waals surface area (Å²) in [4.78, 5) is 16.3. The van der Waals surface area contributed by atoms with Crippen molar-refractivity contribution in [2.75, 3.05) is 0 Å². The van der Waals surface area contributed by atoms with Gasteiger partial charge in [-0.05, 0) is 45.0 Å². The first-order valence-electron chi connectivity index (χ1n) is 6.41. The van der Waals surface area contributed by atoms with Crippen LogP contribution in [0.1, 0.15) is 34.2 Å². The Bertz CT molecular complexity index is 662. The van der Waals surface area contributed by atoms with Gasteiger partial charge in [0.2, 0.25) is 0 Å². The van der Waals surface area contributed by atoms with Crippen molar-refractivity contribution in [3.63, 3.8) is 0 Å². The van der Waals surface area contributed by atoms with Crippen LogP contribution in [-0.2, 0) is 0 Å². The molecule has 20 heavy (non-hydrogen) atoms. The number of nitrogens with one attached hydrogen (secondary N) is 1. The van der Waals surface area contributed by atoms with Crippen LogP contribution in [0.3, 0.4) is 0 Å². The van der Waals surface area contributed by atoms with E-state index in [-0.39, 0.29) is 5.91 Å². The van der Waals surface area contributed by atoms with Gasteiger partial charge < -0.3 is 0 Å². The fourth-order valence-electron chi connectivity index (χ4n) is 1.79. The number of carbonyl (C=O) groups excluding carboxylic acids is 1. The zero-order valence-electron chi connectivity index (χ0n) is 11.8. The zero-order chi connectivity index (χ0) is 14.5. The van der Waals surface area contributed by atoms with Gasteiger partial charge in [0.1, 0.15) is 0 Å². The lowest BCUT2D eigenvalue weighted by atomic mass is 10.1. The Morgan fingerprint density at radius 1 is 1.15 bits per heavy atom. The summed E-state index contributed by atoms with van der Waals surface area (Å²) in [6.07, 6.45) is 0. The maximum Gasteiger partial charge on any atom is 0.271 e. The van der Waals surface area contributed by atoms with Crippen molar-refractivity contribution >= 4 is 11.6 Å². The van der Waals surface area contributed by atoms with Gasteiger partial charge in [0.05, 0.1) is 11.4 Å². The van der Waals surface area contributed by atoms with Crippen LogP contribution in [0.4, 0.5) is 0 Å². The van der Waals surface area contributed by atoms with E-state index in [2.05, 4.69) is 15.5 Å². The fraction of sp³-hybridized carbons (Fsp3) is 0.188. The number of aromatic nitrogens is 1. The summed E-state index contributed by atoms with van der Waals surface area (Å²) >= 11 is 0. The van der Waals surface area contributed by atoms with Gasteiger partial charge in [-0.3, -0.25) is 9.78 Å². The van der Waals surface area contributed by atoms with Crippen LogP contribution in [0.25, 0.3) is 0 Å². The third-order valence-electron chi connectivity index (χ3n) is 2.86. The number of amides is 1. The number of benzene rings is 1. The molecule has 0 saturated carbocycles. The monoisotopic (exact) mass is 267 g/mol. The summed E-state index contributed by atoms with van der Waals surface area (Å²) in [5.74, 6) is -0.222. The number of hydrogen-bond acceptors (Lipinski definition) is 3. The molecule has 1 aromatic heterocycles. The van der Waals surface area contributed by atoms with Crippen LogP contribution >= 0.6 is 0 Å². The van der Waals surface area contributed by atoms with E-state index in [1.54, 1.807) is 6.07 Å². The highest BCUT2D eigenvalue weighted by atomic mass is 16.2. The van der Waals surface area contributed by atoms with Crippen LogP contribution < -0.4 is 5.43 Å². The number of pyridine rings is 1. The van der Waals surface area contributed by atoms with Gasteiger partial charge >= 0.3 is 0 Å². The van der Waals surface area contributed by atoms with E-state index in [0.717, 1.165) is 17.0 Å². The van der Waals surface area contributed by atoms with Crippen molar-refractivity contribution < 1.29 is 4.79 Å². The van der Waals surface area contributed by atoms with Gasteiger partial charge in [-0.15, -0.1) is 0 Å². The van der Waals surface area contributed by atoms with Crippen molar-refractivity contribution in [1.82, 2.24) is 10.4 Å². The zero-order valence-corrected chi connectivity index (χ0v) is 11.8. The molecule has 1 heterocycles. The number of rotatable bonds is 3. The topological polar surface area (TPSA) is 54.4 Å². The summed E-state index contributed by atoms with van der Waals surface area (Å²) in [5.41, 5.74) is 6.54. The van der Waals surface area contributed by atoms with Gasteiger partial charge in [0.15, 0.2) is 0 Å². The minimum Gasteiger partial charge on any atom is -0.267 e. The average Bonchev–Trinajstić information content (AvgIpc) is 2.44. The second-order valence-corrected chi connectivity index (χ2v) is 4.67. The second kappa shape index (κ2) is 6.10. The van der Waals surface area contributed by atoms with E-state index in [1.807, 2.05) is 57.2 Å². The largest absolute Gasteiger partial charge is 0.271 e. The summed E-state index contributed by atoms with van der Waals surface area (Å²) in [5, 5.41) is 4.10. The minimum absolute atomic E-state index is 0.222. The molecule has 0 bridgehead atoms. The Balaban J connectivity index is 2.11. The number of aryl methyl sites for hydroxylation is 2. The van der Waals surface area contributed by atoms with Crippen molar-refractivity contribution in [3.8, 4) is 0 Å². The first-order valence-corrected chi connectivity index (χ1v) is 6.41. The Hall–Kier alpha value is -2.49. The van der Waals surface area contributed by atoms with Crippen molar-refractivity contribution in [3.05, 3.63) is 65.0 Å². The highest BCUT2D eigenvalue weighted by Crippen LogP contribution is 2.04. The molecule has 0 aliphatic rings. The highest BCUT2D eigenvalue weighted by molar-refractivity contribution is 5.99. The smallest absolute Gasteiger partial charge is 0.267 e. The molecule has 2 aromatic rings. The summed E-state index contributed by atoms with van der Waals surface area (Å²) < 4.78 is 0. The third-order valence-corrected chi connectivity index (χ3v) is 2.86. The molecule has 102 valence electrons. The lowest BCUT2D eigenvalue weighted by Gasteiger charge is -2.04. The molecule has 0 saturated heterocycles. The molecule has 0 aliphatic carbocycles. The highest BCUT2D eigenvalue weighted by Gasteiger charge is 2.05. The number of nitrogens with zero attached hydrogens (tertiary/aromatic N) is 2. The Morgan fingerprint density at radius 3 is 2.60 bits per heavy atom. The molecule has 1 aromatic carbocycles. The molecule has 1 N–H and O–H groups in total. The van der Waals surface area contributed by atoms with Crippen molar-refractivity contribution in [2.24, 2.45) is 5.10 Å². The minimum atomic E-state index is -0.222. The maximum atomic E-state index is 12.0. The predicted octanol–water partition coefficient (Wildman–Crippen LogP) is 2.85. The van der Waals surface area contributed by atoms with Crippen LogP contribution in [0.5, 0.6) is 0 Å². The third kappa shape index (κ3) is 3.51. The lowest BCUT2D eigenvalue weighted by molar-refractivity contribution is 0.0954. The number of hydrogen-bond donors (Lipinski definition) is 1. The van der Waals surface area contributed by atoms with E-state index in [4.69, 9.17) is 0 Å². The molecule has 0 unspecified atom stereocenters. The molecule has 1 amide bonds. The molecule has 2 rings (SSSR count). The van der Waals surface area contributed by atoms with Crippen LogP contribution in [0.2, 0.25) is 0 Å². The van der Waals surface area contributed by atoms with Gasteiger partial charge in [0, 0.05) is 11.3 Å². The van der Waals surface area contributed by atoms with Crippen LogP contribution in [-0.4, -0.2) is 16.6 Å². The molecule has 0 atom stereocenters. The van der Waals surface area contributed by atoms with Crippen LogP contribution in [0, 0.1) is 13.8 Å². The standard InChI is InChI=1S/C16H17N3O/c1-11-6-4-8-14(10-11)16(20)19-18-13(3)15-9-5-7-12(2)17-15/h4-10H,1-3H3,(H,19,20)/b18-13+. The van der Waals surface area contributed by atoms with E-state index in [1.165, 1.54) is 0 Å². The first kappa shape index (κ1) is 13.9. The molecule has 0 radical (unpaired) electrons. The van der Waals surface area contributed by atoms with Crippen LogP contribution in [0.15, 0.2) is 47.6 Å². The molecule has 0 aliphatic heterocycles. The molecular weight excluding hydrogens is 250 g/mol. The summed E-state index contributed by atoms with van der Waals surface area (Å²) in [6, 6.07) is 13.1. The van der Waals surface area contributed by atoms with E-state index in [9.17, 15) is 4.79 Å².